The maximum atomic E-state index is 10.8. The summed E-state index contributed by atoms with van der Waals surface area (Å²) in [5.41, 5.74) is 0.947. The van der Waals surface area contributed by atoms with Gasteiger partial charge in [-0.2, -0.15) is 0 Å². The maximum Gasteiger partial charge on any atom is 0.330 e. The van der Waals surface area contributed by atoms with Crippen LogP contribution in [0.2, 0.25) is 0 Å². The summed E-state index contributed by atoms with van der Waals surface area (Å²) >= 11 is 1.56. The standard InChI is InChI=1S/C9H11NO2S/c1-6-8(13-7(2)10-6)4-5-9(11)12-3/h4-5H,1-3H3. The average Bonchev–Trinajstić information content (AvgIpc) is 2.41. The number of carbonyl (C=O) groups is 1. The molecule has 0 fully saturated rings. The Bertz CT molecular complexity index is 341. The highest BCUT2D eigenvalue weighted by Gasteiger charge is 2.01. The van der Waals surface area contributed by atoms with Gasteiger partial charge in [-0.15, -0.1) is 11.3 Å². The molecule has 0 unspecified atom stereocenters. The lowest BCUT2D eigenvalue weighted by Gasteiger charge is -1.89. The molecule has 0 saturated carbocycles. The largest absolute Gasteiger partial charge is 0.466 e. The monoisotopic (exact) mass is 197 g/mol. The fourth-order valence-electron chi connectivity index (χ4n) is 0.913. The molecule has 1 heterocycles. The van der Waals surface area contributed by atoms with Crippen LogP contribution in [0.4, 0.5) is 0 Å². The molecule has 0 spiro atoms. The number of aromatic nitrogens is 1. The molecule has 0 N–H and O–H groups in total. The highest BCUT2D eigenvalue weighted by atomic mass is 32.1. The van der Waals surface area contributed by atoms with E-state index in [1.54, 1.807) is 17.4 Å². The van der Waals surface area contributed by atoms with Gasteiger partial charge in [0, 0.05) is 6.08 Å². The van der Waals surface area contributed by atoms with Gasteiger partial charge >= 0.3 is 5.97 Å². The summed E-state index contributed by atoms with van der Waals surface area (Å²) in [5.74, 6) is -0.342. The number of thiazole rings is 1. The van der Waals surface area contributed by atoms with E-state index in [4.69, 9.17) is 0 Å². The molecule has 0 amide bonds. The van der Waals surface area contributed by atoms with Gasteiger partial charge in [-0.05, 0) is 19.9 Å². The first-order chi connectivity index (χ1) is 6.13. The lowest BCUT2D eigenvalue weighted by atomic mass is 10.3. The van der Waals surface area contributed by atoms with Crippen molar-refractivity contribution in [2.75, 3.05) is 7.11 Å². The molecule has 70 valence electrons. The number of ether oxygens (including phenoxy) is 1. The topological polar surface area (TPSA) is 39.2 Å². The fraction of sp³-hybridized carbons (Fsp3) is 0.333. The molecule has 1 aromatic rings. The van der Waals surface area contributed by atoms with Crippen LogP contribution in [0.3, 0.4) is 0 Å². The summed E-state index contributed by atoms with van der Waals surface area (Å²) in [5, 5.41) is 1.00. The van der Waals surface area contributed by atoms with Gasteiger partial charge < -0.3 is 4.74 Å². The van der Waals surface area contributed by atoms with Crippen molar-refractivity contribution in [1.29, 1.82) is 0 Å². The van der Waals surface area contributed by atoms with E-state index in [9.17, 15) is 4.79 Å². The number of methoxy groups -OCH3 is 1. The van der Waals surface area contributed by atoms with E-state index in [2.05, 4.69) is 9.72 Å². The molecule has 1 rings (SSSR count). The van der Waals surface area contributed by atoms with Crippen LogP contribution in [0.15, 0.2) is 6.08 Å². The third kappa shape index (κ3) is 2.66. The minimum atomic E-state index is -0.342. The third-order valence-corrected chi connectivity index (χ3v) is 2.55. The van der Waals surface area contributed by atoms with Crippen molar-refractivity contribution in [3.63, 3.8) is 0 Å². The molecule has 0 radical (unpaired) electrons. The van der Waals surface area contributed by atoms with Gasteiger partial charge in [-0.25, -0.2) is 9.78 Å². The Kier molecular flexibility index (Phi) is 3.19. The smallest absolute Gasteiger partial charge is 0.330 e. The number of rotatable bonds is 2. The van der Waals surface area contributed by atoms with E-state index in [1.807, 2.05) is 13.8 Å². The molecule has 0 aliphatic rings. The molecule has 0 aliphatic heterocycles. The Morgan fingerprint density at radius 2 is 2.23 bits per heavy atom. The second-order valence-electron chi connectivity index (χ2n) is 2.54. The lowest BCUT2D eigenvalue weighted by molar-refractivity contribution is -0.134. The minimum absolute atomic E-state index is 0.342. The summed E-state index contributed by atoms with van der Waals surface area (Å²) in [6.45, 7) is 3.85. The number of aryl methyl sites for hydroxylation is 2. The fourth-order valence-corrected chi connectivity index (χ4v) is 1.74. The van der Waals surface area contributed by atoms with Crippen LogP contribution < -0.4 is 0 Å². The van der Waals surface area contributed by atoms with Crippen LogP contribution in [0.25, 0.3) is 6.08 Å². The summed E-state index contributed by atoms with van der Waals surface area (Å²) in [6.07, 6.45) is 3.13. The van der Waals surface area contributed by atoms with E-state index in [-0.39, 0.29) is 5.97 Å². The first kappa shape index (κ1) is 9.92. The summed E-state index contributed by atoms with van der Waals surface area (Å²) in [4.78, 5) is 16.0. The lowest BCUT2D eigenvalue weighted by Crippen LogP contribution is -1.93. The van der Waals surface area contributed by atoms with Crippen molar-refractivity contribution in [2.24, 2.45) is 0 Å². The highest BCUT2D eigenvalue weighted by Crippen LogP contribution is 2.18. The minimum Gasteiger partial charge on any atom is -0.466 e. The van der Waals surface area contributed by atoms with Gasteiger partial charge in [0.25, 0.3) is 0 Å². The predicted octanol–water partition coefficient (Wildman–Crippen LogP) is 1.95. The Labute approximate surface area is 81.1 Å². The van der Waals surface area contributed by atoms with Crippen molar-refractivity contribution >= 4 is 23.4 Å². The molecular weight excluding hydrogens is 186 g/mol. The number of hydrogen-bond acceptors (Lipinski definition) is 4. The molecule has 13 heavy (non-hydrogen) atoms. The normalized spacial score (nSPS) is 10.7. The molecule has 0 aromatic carbocycles. The van der Waals surface area contributed by atoms with E-state index < -0.39 is 0 Å². The summed E-state index contributed by atoms with van der Waals surface area (Å²) < 4.78 is 4.48. The van der Waals surface area contributed by atoms with Gasteiger partial charge in [-0.3, -0.25) is 0 Å². The second-order valence-corrected chi connectivity index (χ2v) is 3.77. The van der Waals surface area contributed by atoms with Gasteiger partial charge in [0.2, 0.25) is 0 Å². The Hall–Kier alpha value is -1.16. The summed E-state index contributed by atoms with van der Waals surface area (Å²) in [6, 6.07) is 0. The molecule has 4 heteroatoms. The Morgan fingerprint density at radius 3 is 2.69 bits per heavy atom. The molecule has 0 bridgehead atoms. The highest BCUT2D eigenvalue weighted by molar-refractivity contribution is 7.12. The van der Waals surface area contributed by atoms with E-state index in [0.29, 0.717) is 0 Å². The molecule has 1 aromatic heterocycles. The zero-order valence-corrected chi connectivity index (χ0v) is 8.64. The first-order valence-electron chi connectivity index (χ1n) is 3.83. The zero-order chi connectivity index (χ0) is 9.84. The van der Waals surface area contributed by atoms with Gasteiger partial charge in [0.1, 0.15) is 0 Å². The average molecular weight is 197 g/mol. The van der Waals surface area contributed by atoms with Gasteiger partial charge in [0.15, 0.2) is 0 Å². The van der Waals surface area contributed by atoms with Crippen LogP contribution in [0.5, 0.6) is 0 Å². The van der Waals surface area contributed by atoms with Crippen molar-refractivity contribution in [3.8, 4) is 0 Å². The third-order valence-electron chi connectivity index (χ3n) is 1.51. The van der Waals surface area contributed by atoms with Crippen LogP contribution in [0, 0.1) is 13.8 Å². The van der Waals surface area contributed by atoms with Crippen LogP contribution in [-0.4, -0.2) is 18.1 Å². The van der Waals surface area contributed by atoms with Crippen LogP contribution in [0.1, 0.15) is 15.6 Å². The van der Waals surface area contributed by atoms with Crippen LogP contribution >= 0.6 is 11.3 Å². The molecule has 0 saturated heterocycles. The first-order valence-corrected chi connectivity index (χ1v) is 4.65. The van der Waals surface area contributed by atoms with E-state index in [1.165, 1.54) is 13.2 Å². The zero-order valence-electron chi connectivity index (χ0n) is 7.83. The molecule has 0 atom stereocenters. The number of carbonyl (C=O) groups excluding carboxylic acids is 1. The van der Waals surface area contributed by atoms with Gasteiger partial charge in [0.05, 0.1) is 22.7 Å². The van der Waals surface area contributed by atoms with E-state index >= 15 is 0 Å². The SMILES string of the molecule is COC(=O)C=Cc1sc(C)nc1C. The number of hydrogen-bond donors (Lipinski definition) is 0. The van der Waals surface area contributed by atoms with Crippen molar-refractivity contribution in [2.45, 2.75) is 13.8 Å². The predicted molar refractivity (Wildman–Crippen MR) is 52.6 cm³/mol. The molecular formula is C9H11NO2S. The van der Waals surface area contributed by atoms with Crippen LogP contribution in [-0.2, 0) is 9.53 Å². The number of nitrogens with zero attached hydrogens (tertiary/aromatic N) is 1. The molecule has 3 nitrogen and oxygen atoms in total. The number of esters is 1. The Morgan fingerprint density at radius 1 is 1.54 bits per heavy atom. The van der Waals surface area contributed by atoms with Crippen molar-refractivity contribution in [3.05, 3.63) is 21.7 Å². The van der Waals surface area contributed by atoms with Gasteiger partial charge in [-0.1, -0.05) is 0 Å². The summed E-state index contributed by atoms with van der Waals surface area (Å²) in [7, 11) is 1.36. The second kappa shape index (κ2) is 4.18. The van der Waals surface area contributed by atoms with Crippen molar-refractivity contribution < 1.29 is 9.53 Å². The van der Waals surface area contributed by atoms with E-state index in [0.717, 1.165) is 15.6 Å². The molecule has 0 aliphatic carbocycles. The quantitative estimate of drug-likeness (QED) is 0.537. The van der Waals surface area contributed by atoms with Crippen molar-refractivity contribution in [1.82, 2.24) is 4.98 Å². The maximum absolute atomic E-state index is 10.8. The Balaban J connectivity index is 2.79.